The van der Waals surface area contributed by atoms with E-state index < -0.39 is 11.6 Å². The van der Waals surface area contributed by atoms with E-state index in [1.165, 1.54) is 4.90 Å². The minimum atomic E-state index is -0.739. The van der Waals surface area contributed by atoms with Gasteiger partial charge in [-0.05, 0) is 31.7 Å². The molecule has 1 spiro atoms. The van der Waals surface area contributed by atoms with E-state index >= 15 is 0 Å². The lowest BCUT2D eigenvalue weighted by Gasteiger charge is -2.32. The average Bonchev–Trinajstić information content (AvgIpc) is 3.37. The number of ether oxygens (including phenoxy) is 1. The molecule has 1 aromatic carbocycles. The van der Waals surface area contributed by atoms with E-state index in [2.05, 4.69) is 10.6 Å². The van der Waals surface area contributed by atoms with E-state index in [0.717, 1.165) is 18.4 Å². The molecule has 0 atom stereocenters. The van der Waals surface area contributed by atoms with Gasteiger partial charge in [0.15, 0.2) is 0 Å². The van der Waals surface area contributed by atoms with Crippen molar-refractivity contribution in [1.82, 2.24) is 20.4 Å². The fraction of sp³-hybridized carbons (Fsp3) is 0.583. The highest BCUT2D eigenvalue weighted by molar-refractivity contribution is 6.07. The number of para-hydroxylation sites is 1. The van der Waals surface area contributed by atoms with Crippen molar-refractivity contribution in [2.75, 3.05) is 26.7 Å². The molecule has 3 aliphatic rings. The molecule has 0 radical (unpaired) electrons. The van der Waals surface area contributed by atoms with Crippen molar-refractivity contribution in [3.05, 3.63) is 29.8 Å². The van der Waals surface area contributed by atoms with Gasteiger partial charge >= 0.3 is 6.03 Å². The van der Waals surface area contributed by atoms with Gasteiger partial charge in [0, 0.05) is 37.7 Å². The number of hydrogen-bond donors (Lipinski definition) is 2. The van der Waals surface area contributed by atoms with Crippen LogP contribution in [0.1, 0.15) is 50.5 Å². The van der Waals surface area contributed by atoms with E-state index in [1.54, 1.807) is 7.11 Å². The van der Waals surface area contributed by atoms with Gasteiger partial charge in [0.1, 0.15) is 11.3 Å². The third kappa shape index (κ3) is 4.96. The van der Waals surface area contributed by atoms with E-state index in [0.29, 0.717) is 44.5 Å². The van der Waals surface area contributed by atoms with Gasteiger partial charge < -0.3 is 20.3 Å². The zero-order chi connectivity index (χ0) is 23.4. The van der Waals surface area contributed by atoms with Crippen LogP contribution in [0.5, 0.6) is 5.75 Å². The second kappa shape index (κ2) is 9.80. The van der Waals surface area contributed by atoms with Crippen molar-refractivity contribution < 1.29 is 23.9 Å². The fourth-order valence-corrected chi connectivity index (χ4v) is 5.11. The van der Waals surface area contributed by atoms with Crippen LogP contribution >= 0.6 is 0 Å². The van der Waals surface area contributed by atoms with Crippen LogP contribution in [0, 0.1) is 0 Å². The quantitative estimate of drug-likeness (QED) is 0.606. The molecule has 1 aromatic rings. The summed E-state index contributed by atoms with van der Waals surface area (Å²) in [5.41, 5.74) is 0.122. The molecule has 9 nitrogen and oxygen atoms in total. The number of methoxy groups -OCH3 is 1. The Hall–Kier alpha value is -3.10. The first kappa shape index (κ1) is 23.1. The highest BCUT2D eigenvalue weighted by Crippen LogP contribution is 2.35. The van der Waals surface area contributed by atoms with Gasteiger partial charge in [0.05, 0.1) is 13.5 Å². The minimum Gasteiger partial charge on any atom is -0.496 e. The SMILES string of the molecule is COc1ccccc1CC(=O)N1CCC(NC(=O)CCN2C(=O)NC3(CCCC3)C2=O)CC1. The van der Waals surface area contributed by atoms with Crippen LogP contribution in [-0.4, -0.2) is 71.9 Å². The normalized spacial score (nSPS) is 20.3. The van der Waals surface area contributed by atoms with Crippen LogP contribution in [-0.2, 0) is 20.8 Å². The summed E-state index contributed by atoms with van der Waals surface area (Å²) in [5.74, 6) is 0.377. The second-order valence-electron chi connectivity index (χ2n) is 9.14. The van der Waals surface area contributed by atoms with Crippen LogP contribution in [0.4, 0.5) is 4.79 Å². The summed E-state index contributed by atoms with van der Waals surface area (Å²) in [6, 6.07) is 7.09. The maximum atomic E-state index is 12.7. The first-order valence-corrected chi connectivity index (χ1v) is 11.7. The van der Waals surface area contributed by atoms with Gasteiger partial charge in [-0.1, -0.05) is 31.0 Å². The van der Waals surface area contributed by atoms with Crippen molar-refractivity contribution in [3.8, 4) is 5.75 Å². The van der Waals surface area contributed by atoms with Crippen molar-refractivity contribution in [3.63, 3.8) is 0 Å². The lowest BCUT2D eigenvalue weighted by molar-refractivity contribution is -0.132. The molecule has 9 heteroatoms. The van der Waals surface area contributed by atoms with Crippen LogP contribution in [0.15, 0.2) is 24.3 Å². The highest BCUT2D eigenvalue weighted by atomic mass is 16.5. The molecule has 33 heavy (non-hydrogen) atoms. The molecule has 3 fully saturated rings. The molecule has 2 saturated heterocycles. The molecule has 1 saturated carbocycles. The number of carbonyl (C=O) groups is 4. The molecular weight excluding hydrogens is 424 g/mol. The monoisotopic (exact) mass is 456 g/mol. The number of nitrogens with one attached hydrogen (secondary N) is 2. The first-order valence-electron chi connectivity index (χ1n) is 11.7. The topological polar surface area (TPSA) is 108 Å². The van der Waals surface area contributed by atoms with Crippen molar-refractivity contribution in [2.24, 2.45) is 0 Å². The van der Waals surface area contributed by atoms with Crippen molar-refractivity contribution in [1.29, 1.82) is 0 Å². The number of nitrogens with zero attached hydrogens (tertiary/aromatic N) is 2. The molecule has 0 aromatic heterocycles. The Morgan fingerprint density at radius 2 is 1.85 bits per heavy atom. The van der Waals surface area contributed by atoms with E-state index in [4.69, 9.17) is 4.74 Å². The Kier molecular flexibility index (Phi) is 6.85. The van der Waals surface area contributed by atoms with Crippen LogP contribution < -0.4 is 15.4 Å². The summed E-state index contributed by atoms with van der Waals surface area (Å²) in [6.07, 6.45) is 4.94. The Morgan fingerprint density at radius 1 is 1.15 bits per heavy atom. The first-order chi connectivity index (χ1) is 15.9. The minimum absolute atomic E-state index is 0.0166. The van der Waals surface area contributed by atoms with Crippen molar-refractivity contribution in [2.45, 2.75) is 62.9 Å². The summed E-state index contributed by atoms with van der Waals surface area (Å²) >= 11 is 0. The molecule has 0 unspecified atom stereocenters. The Labute approximate surface area is 193 Å². The maximum absolute atomic E-state index is 12.7. The molecule has 178 valence electrons. The summed E-state index contributed by atoms with van der Waals surface area (Å²) in [4.78, 5) is 53.1. The number of hydrogen-bond acceptors (Lipinski definition) is 5. The van der Waals surface area contributed by atoms with Gasteiger partial charge in [-0.15, -0.1) is 0 Å². The number of rotatable bonds is 7. The predicted octanol–water partition coefficient (Wildman–Crippen LogP) is 1.60. The largest absolute Gasteiger partial charge is 0.496 e. The van der Waals surface area contributed by atoms with Gasteiger partial charge in [-0.2, -0.15) is 0 Å². The Bertz CT molecular complexity index is 919. The third-order valence-corrected chi connectivity index (χ3v) is 7.01. The standard InChI is InChI=1S/C24H32N4O5/c1-33-19-7-3-2-6-17(19)16-21(30)27-13-8-18(9-14-27)25-20(29)10-15-28-22(31)24(26-23(28)32)11-4-5-12-24/h2-3,6-7,18H,4-5,8-16H2,1H3,(H,25,29)(H,26,32). The highest BCUT2D eigenvalue weighted by Gasteiger charge is 2.52. The number of carbonyl (C=O) groups excluding carboxylic acids is 4. The van der Waals surface area contributed by atoms with Gasteiger partial charge in [-0.25, -0.2) is 4.79 Å². The Balaban J connectivity index is 1.20. The fourth-order valence-electron chi connectivity index (χ4n) is 5.11. The molecule has 2 heterocycles. The number of benzene rings is 1. The van der Waals surface area contributed by atoms with Gasteiger partial charge in [0.2, 0.25) is 11.8 Å². The predicted molar refractivity (Wildman–Crippen MR) is 121 cm³/mol. The lowest BCUT2D eigenvalue weighted by Crippen LogP contribution is -2.47. The van der Waals surface area contributed by atoms with Crippen molar-refractivity contribution >= 4 is 23.8 Å². The number of amides is 5. The number of likely N-dealkylation sites (tertiary alicyclic amines) is 1. The van der Waals surface area contributed by atoms with Crippen LogP contribution in [0.25, 0.3) is 0 Å². The molecule has 1 aliphatic carbocycles. The zero-order valence-corrected chi connectivity index (χ0v) is 19.1. The number of piperidine rings is 1. The summed E-state index contributed by atoms with van der Waals surface area (Å²) < 4.78 is 5.33. The molecule has 2 aliphatic heterocycles. The molecule has 2 N–H and O–H groups in total. The van der Waals surface area contributed by atoms with E-state index in [-0.39, 0.29) is 43.1 Å². The molecule has 4 rings (SSSR count). The molecule has 5 amide bonds. The van der Waals surface area contributed by atoms with Gasteiger partial charge in [0.25, 0.3) is 5.91 Å². The van der Waals surface area contributed by atoms with E-state index in [9.17, 15) is 19.2 Å². The summed E-state index contributed by atoms with van der Waals surface area (Å²) in [5, 5.41) is 5.83. The lowest BCUT2D eigenvalue weighted by atomic mass is 9.98. The van der Waals surface area contributed by atoms with Gasteiger partial charge in [-0.3, -0.25) is 19.3 Å². The Morgan fingerprint density at radius 3 is 2.55 bits per heavy atom. The van der Waals surface area contributed by atoms with Crippen LogP contribution in [0.2, 0.25) is 0 Å². The smallest absolute Gasteiger partial charge is 0.325 e. The maximum Gasteiger partial charge on any atom is 0.325 e. The molecular formula is C24H32N4O5. The number of imide groups is 1. The summed E-state index contributed by atoms with van der Waals surface area (Å²) in [6.45, 7) is 1.25. The average molecular weight is 457 g/mol. The van der Waals surface area contributed by atoms with E-state index in [1.807, 2.05) is 29.2 Å². The third-order valence-electron chi connectivity index (χ3n) is 7.01. The second-order valence-corrected chi connectivity index (χ2v) is 9.14. The number of urea groups is 1. The zero-order valence-electron chi connectivity index (χ0n) is 19.1. The summed E-state index contributed by atoms with van der Waals surface area (Å²) in [7, 11) is 1.59. The van der Waals surface area contributed by atoms with Crippen LogP contribution in [0.3, 0.4) is 0 Å². The molecule has 0 bridgehead atoms.